The number of unbranched alkanes of at least 4 members (excludes halogenated alkanes) is 1. The minimum absolute atomic E-state index is 0.0501. The lowest BCUT2D eigenvalue weighted by molar-refractivity contribution is -0.193. The minimum Gasteiger partial charge on any atom is -0.508 e. The van der Waals surface area contributed by atoms with Gasteiger partial charge in [-0.05, 0) is 90.7 Å². The number of phenolic OH excluding ortho intramolecular Hbond substituents is 1. The Morgan fingerprint density at radius 1 is 0.670 bits per heavy atom. The van der Waals surface area contributed by atoms with Crippen molar-refractivity contribution in [2.75, 3.05) is 18.1 Å². The molecule has 91 heavy (non-hydrogen) atoms. The molecule has 2 heterocycles. The number of primary amides is 1. The summed E-state index contributed by atoms with van der Waals surface area (Å²) in [6.45, 7) is 4.85. The van der Waals surface area contributed by atoms with Crippen LogP contribution in [0.15, 0.2) is 97.2 Å². The fourth-order valence-electron chi connectivity index (χ4n) is 8.71. The van der Waals surface area contributed by atoms with Crippen molar-refractivity contribution in [1.82, 2.24) is 42.2 Å². The van der Waals surface area contributed by atoms with E-state index >= 15 is 0 Å². The highest BCUT2D eigenvalue weighted by atomic mass is 33.1. The zero-order chi connectivity index (χ0) is 67.9. The highest BCUT2D eigenvalue weighted by molar-refractivity contribution is 8.76. The van der Waals surface area contributed by atoms with Crippen LogP contribution in [0.25, 0.3) is 21.7 Å². The number of fused-ring (bicyclic) bond motifs is 2. The molecule has 0 bridgehead atoms. The molecule has 0 saturated carbocycles. The molecule has 0 unspecified atom stereocenters. The van der Waals surface area contributed by atoms with Crippen molar-refractivity contribution in [1.29, 1.82) is 0 Å². The number of rotatable bonds is 17. The number of phenols is 1. The molecule has 4 aromatic carbocycles. The number of halogens is 6. The maximum absolute atomic E-state index is 14.9. The van der Waals surface area contributed by atoms with Crippen LogP contribution in [0.3, 0.4) is 0 Å². The monoisotopic (exact) mass is 1320 g/mol. The molecule has 8 amide bonds. The zero-order valence-corrected chi connectivity index (χ0v) is 50.7. The van der Waals surface area contributed by atoms with Crippen molar-refractivity contribution in [2.24, 2.45) is 23.1 Å². The number of aliphatic hydroxyl groups excluding tert-OH is 1. The van der Waals surface area contributed by atoms with Crippen molar-refractivity contribution < 1.29 is 94.7 Å². The van der Waals surface area contributed by atoms with Crippen molar-refractivity contribution in [3.8, 4) is 5.75 Å². The fourth-order valence-corrected chi connectivity index (χ4v) is 11.0. The van der Waals surface area contributed by atoms with Gasteiger partial charge < -0.3 is 79.8 Å². The Morgan fingerprint density at radius 2 is 1.21 bits per heavy atom. The van der Waals surface area contributed by atoms with E-state index in [9.17, 15) is 74.9 Å². The highest BCUT2D eigenvalue weighted by Crippen LogP contribution is 2.25. The number of aliphatic carboxylic acids is 2. The van der Waals surface area contributed by atoms with Crippen LogP contribution in [-0.4, -0.2) is 169 Å². The van der Waals surface area contributed by atoms with Gasteiger partial charge >= 0.3 is 24.3 Å². The Hall–Kier alpha value is -8.66. The number of aromatic hydroxyl groups is 1. The molecule has 0 radical (unpaired) electrons. The summed E-state index contributed by atoms with van der Waals surface area (Å²) >= 11 is 0. The van der Waals surface area contributed by atoms with Gasteiger partial charge in [0.1, 0.15) is 48.0 Å². The number of carbonyl (C=O) groups excluding carboxylic acids is 8. The van der Waals surface area contributed by atoms with Crippen molar-refractivity contribution in [3.05, 3.63) is 114 Å². The molecule has 1 aromatic heterocycles. The largest absolute Gasteiger partial charge is 0.508 e. The second kappa shape index (κ2) is 35.1. The van der Waals surface area contributed by atoms with E-state index in [0.29, 0.717) is 24.0 Å². The lowest BCUT2D eigenvalue weighted by atomic mass is 10.00. The molecule has 9 atom stereocenters. The standard InChI is InChI=1S/C54H69N11O10S2.2C2HF3O2/c1-29(2)45-54(75)63-44(53(74)65-46(30(3)66)47(57)68)28-77-76-27-43(62-48(69)38(56)23-32-15-18-33-10-4-5-11-34(33)22-32)52(73)60-41(24-31-16-19-36(67)20-17-31)50(71)61-42(25-35-26-58-39-13-7-6-12-37(35)39)51(72)59-40(49(70)64-45)14-8-9-21-55;2*3-2(4,5)1(6)7/h4-7,10-13,15-20,22,26,29-30,38,40-46,58,66-67H,8-9,14,21,23-25,27-28,55-56H2,1-3H3,(H2,57,68)(H,59,72)(H,60,73)(H,61,71)(H,62,69)(H,63,75)(H,64,70)(H,65,74);2*(H,6,7)/t30-,38-,40+,41+,42-,43+,44+,45+,46+;;/m1../s1. The number of alkyl halides is 6. The Balaban J connectivity index is 0.00000113. The number of para-hydroxylation sites is 1. The lowest BCUT2D eigenvalue weighted by Crippen LogP contribution is -2.62. The van der Waals surface area contributed by atoms with E-state index in [0.717, 1.165) is 48.8 Å². The van der Waals surface area contributed by atoms with Gasteiger partial charge in [-0.2, -0.15) is 26.3 Å². The molecule has 1 aliphatic heterocycles. The van der Waals surface area contributed by atoms with Gasteiger partial charge in [0.25, 0.3) is 0 Å². The SMILES string of the molecule is CC(C)[C@@H]1NC(=O)[C@H](CCCCN)NC(=O)[C@@H](Cc2c[nH]c3ccccc23)NC(=O)[C@H](Cc2ccc(O)cc2)NC(=O)[C@@H](NC(=O)[C@H](N)Cc2ccc3ccccc3c2)CSSC[C@@H](C(=O)N[C@H](C(N)=O)[C@@H](C)O)NC1=O.O=C(O)C(F)(F)F.O=C(O)C(F)(F)F. The van der Waals surface area contributed by atoms with E-state index in [1.165, 1.54) is 19.1 Å². The number of hydrogen-bond donors (Lipinski definition) is 15. The van der Waals surface area contributed by atoms with Crippen LogP contribution in [0.5, 0.6) is 5.75 Å². The molecule has 5 aromatic rings. The predicted molar refractivity (Wildman–Crippen MR) is 324 cm³/mol. The summed E-state index contributed by atoms with van der Waals surface area (Å²) < 4.78 is 63.5. The smallest absolute Gasteiger partial charge is 0.490 e. The molecule has 25 nitrogen and oxygen atoms in total. The number of carbonyl (C=O) groups is 10. The van der Waals surface area contributed by atoms with Crippen LogP contribution in [0.4, 0.5) is 26.3 Å². The quantitative estimate of drug-likeness (QED) is 0.0360. The van der Waals surface area contributed by atoms with Gasteiger partial charge in [-0.1, -0.05) is 108 Å². The Bertz CT molecular complexity index is 3320. The van der Waals surface area contributed by atoms with Crippen LogP contribution >= 0.6 is 21.6 Å². The van der Waals surface area contributed by atoms with Gasteiger partial charge in [-0.25, -0.2) is 9.59 Å². The molecule has 0 aliphatic carbocycles. The number of H-pyrrole nitrogens is 1. The highest BCUT2D eigenvalue weighted by Gasteiger charge is 2.40. The first-order chi connectivity index (χ1) is 42.7. The third-order valence-corrected chi connectivity index (χ3v) is 16.0. The van der Waals surface area contributed by atoms with E-state index in [4.69, 9.17) is 37.0 Å². The summed E-state index contributed by atoms with van der Waals surface area (Å²) in [5, 5.41) is 56.4. The summed E-state index contributed by atoms with van der Waals surface area (Å²) in [5.41, 5.74) is 20.5. The van der Waals surface area contributed by atoms with Crippen molar-refractivity contribution >= 4 is 102 Å². The zero-order valence-electron chi connectivity index (χ0n) is 49.1. The topological polar surface area (TPSA) is 430 Å². The summed E-state index contributed by atoms with van der Waals surface area (Å²) in [7, 11) is 2.03. The van der Waals surface area contributed by atoms with Gasteiger partial charge in [0, 0.05) is 41.4 Å². The summed E-state index contributed by atoms with van der Waals surface area (Å²) in [4.78, 5) is 134. The fraction of sp³-hybridized carbons (Fsp3) is 0.414. The molecule has 18 N–H and O–H groups in total. The van der Waals surface area contributed by atoms with E-state index in [1.54, 1.807) is 32.2 Å². The summed E-state index contributed by atoms with van der Waals surface area (Å²) in [6.07, 6.45) is -9.11. The molecular weight excluding hydrogens is 1250 g/mol. The second-order valence-corrected chi connectivity index (χ2v) is 23.6. The van der Waals surface area contributed by atoms with Gasteiger partial charge in [0.2, 0.25) is 47.3 Å². The first kappa shape index (κ1) is 74.8. The van der Waals surface area contributed by atoms with E-state index in [2.05, 4.69) is 42.2 Å². The number of carboxylic acids is 2. The van der Waals surface area contributed by atoms with Crippen molar-refractivity contribution in [2.45, 2.75) is 126 Å². The van der Waals surface area contributed by atoms with E-state index in [-0.39, 0.29) is 49.5 Å². The number of aliphatic hydroxyl groups is 1. The maximum atomic E-state index is 14.9. The molecule has 0 spiro atoms. The van der Waals surface area contributed by atoms with Crippen LogP contribution in [0.2, 0.25) is 0 Å². The van der Waals surface area contributed by atoms with Crippen LogP contribution in [0.1, 0.15) is 56.7 Å². The average molecular weight is 1320 g/mol. The third kappa shape index (κ3) is 24.2. The Labute approximate surface area is 524 Å². The second-order valence-electron chi connectivity index (χ2n) is 21.1. The van der Waals surface area contributed by atoms with E-state index < -0.39 is 132 Å². The average Bonchev–Trinajstić information content (AvgIpc) is 1.88. The Kier molecular flexibility index (Phi) is 28.8. The number of hydrogen-bond acceptors (Lipinski definition) is 16. The van der Waals surface area contributed by atoms with Gasteiger partial charge in [-0.3, -0.25) is 38.4 Å². The number of nitrogens with one attached hydrogen (secondary N) is 8. The predicted octanol–water partition coefficient (Wildman–Crippen LogP) is 2.09. The molecule has 1 fully saturated rings. The maximum Gasteiger partial charge on any atom is 0.490 e. The number of amides is 8. The summed E-state index contributed by atoms with van der Waals surface area (Å²) in [6, 6.07) is 15.8. The molecule has 1 saturated heterocycles. The van der Waals surface area contributed by atoms with Gasteiger partial charge in [0.05, 0.1) is 12.1 Å². The van der Waals surface area contributed by atoms with Gasteiger partial charge in [-0.15, -0.1) is 0 Å². The summed E-state index contributed by atoms with van der Waals surface area (Å²) in [5.74, 6) is -13.2. The molecule has 6 rings (SSSR count). The van der Waals surface area contributed by atoms with E-state index in [1.807, 2.05) is 66.7 Å². The number of nitrogens with two attached hydrogens (primary N) is 3. The van der Waals surface area contributed by atoms with Crippen LogP contribution < -0.4 is 54.4 Å². The number of carboxylic acid groups (broad SMARTS) is 2. The molecule has 33 heteroatoms. The molecular formula is C58H71F6N11O14S2. The number of aromatic nitrogens is 1. The lowest BCUT2D eigenvalue weighted by Gasteiger charge is -2.29. The van der Waals surface area contributed by atoms with Crippen molar-refractivity contribution in [3.63, 3.8) is 0 Å². The van der Waals surface area contributed by atoms with Crippen LogP contribution in [0, 0.1) is 5.92 Å². The third-order valence-electron chi connectivity index (χ3n) is 13.6. The number of aromatic amines is 1. The van der Waals surface area contributed by atoms with Gasteiger partial charge in [0.15, 0.2) is 0 Å². The normalized spacial score (nSPS) is 20.0. The first-order valence-corrected chi connectivity index (χ1v) is 30.4. The molecule has 1 aliphatic rings. The van der Waals surface area contributed by atoms with Crippen LogP contribution in [-0.2, 0) is 67.2 Å². The Morgan fingerprint density at radius 3 is 1.79 bits per heavy atom. The molecule has 496 valence electrons. The number of benzene rings is 4. The minimum atomic E-state index is -5.08. The first-order valence-electron chi connectivity index (χ1n) is 27.9.